The zero-order chi connectivity index (χ0) is 18.6. The molecule has 1 aromatic heterocycles. The Hall–Kier alpha value is -2.61. The highest BCUT2D eigenvalue weighted by molar-refractivity contribution is 5.69. The van der Waals surface area contributed by atoms with Crippen LogP contribution < -0.4 is 9.30 Å². The second-order valence-corrected chi connectivity index (χ2v) is 8.02. The monoisotopic (exact) mass is 344 g/mol. The molecular weight excluding hydrogens is 318 g/mol. The topological polar surface area (TPSA) is 13.1 Å². The summed E-state index contributed by atoms with van der Waals surface area (Å²) in [7, 11) is 2.11. The standard InChI is InChI=1S/C24H26NO/c1-15-12-21(25(6)14-17(15)3)18-13-23-20(11-16(18)2)24(4,5)19-9-7-8-10-22(19)26-23/h7-14H,1-6H3/q+1. The first-order valence-electron chi connectivity index (χ1n) is 9.19. The summed E-state index contributed by atoms with van der Waals surface area (Å²) in [5.41, 5.74) is 8.76. The Morgan fingerprint density at radius 2 is 1.54 bits per heavy atom. The van der Waals surface area contributed by atoms with Gasteiger partial charge in [0.25, 0.3) is 0 Å². The van der Waals surface area contributed by atoms with E-state index in [1.165, 1.54) is 39.1 Å². The van der Waals surface area contributed by atoms with E-state index >= 15 is 0 Å². The lowest BCUT2D eigenvalue weighted by Crippen LogP contribution is -2.32. The van der Waals surface area contributed by atoms with Gasteiger partial charge in [0.1, 0.15) is 18.5 Å². The number of benzene rings is 2. The molecule has 0 saturated heterocycles. The summed E-state index contributed by atoms with van der Waals surface area (Å²) in [5.74, 6) is 1.93. The number of aryl methyl sites for hydroxylation is 4. The number of ether oxygens (including phenoxy) is 1. The van der Waals surface area contributed by atoms with E-state index in [9.17, 15) is 0 Å². The summed E-state index contributed by atoms with van der Waals surface area (Å²) in [4.78, 5) is 0. The molecule has 132 valence electrons. The minimum Gasteiger partial charge on any atom is -0.457 e. The predicted molar refractivity (Wildman–Crippen MR) is 106 cm³/mol. The van der Waals surface area contributed by atoms with Gasteiger partial charge >= 0.3 is 0 Å². The molecule has 0 N–H and O–H groups in total. The third kappa shape index (κ3) is 2.44. The van der Waals surface area contributed by atoms with Crippen LogP contribution in [-0.2, 0) is 12.5 Å². The maximum Gasteiger partial charge on any atom is 0.212 e. The number of rotatable bonds is 1. The molecule has 3 aromatic rings. The molecule has 0 bridgehead atoms. The van der Waals surface area contributed by atoms with Gasteiger partial charge in [-0.2, -0.15) is 0 Å². The first-order valence-corrected chi connectivity index (χ1v) is 9.19. The molecule has 2 aromatic carbocycles. The van der Waals surface area contributed by atoms with E-state index in [-0.39, 0.29) is 5.41 Å². The van der Waals surface area contributed by atoms with Crippen molar-refractivity contribution in [1.29, 1.82) is 0 Å². The lowest BCUT2D eigenvalue weighted by atomic mass is 9.75. The summed E-state index contributed by atoms with van der Waals surface area (Å²) in [6.45, 7) is 11.1. The maximum absolute atomic E-state index is 6.31. The Labute approximate surface area is 156 Å². The fraction of sp³-hybridized carbons (Fsp3) is 0.292. The minimum absolute atomic E-state index is 0.0706. The molecular formula is C24H26NO+. The van der Waals surface area contributed by atoms with E-state index in [0.29, 0.717) is 0 Å². The van der Waals surface area contributed by atoms with Gasteiger partial charge in [-0.3, -0.25) is 0 Å². The molecule has 0 atom stereocenters. The highest BCUT2D eigenvalue weighted by Gasteiger charge is 2.35. The molecule has 2 heteroatoms. The van der Waals surface area contributed by atoms with Crippen molar-refractivity contribution in [1.82, 2.24) is 0 Å². The number of hydrogen-bond acceptors (Lipinski definition) is 1. The molecule has 0 aliphatic carbocycles. The molecule has 1 aliphatic heterocycles. The first-order chi connectivity index (χ1) is 12.3. The SMILES string of the molecule is Cc1cc(-c2cc3c(cc2C)C(C)(C)c2ccccc2O3)[n+](C)cc1C. The third-order valence-electron chi connectivity index (χ3n) is 5.80. The molecule has 0 fully saturated rings. The molecule has 2 nitrogen and oxygen atoms in total. The fourth-order valence-electron chi connectivity index (χ4n) is 4.02. The molecule has 0 amide bonds. The largest absolute Gasteiger partial charge is 0.457 e. The summed E-state index contributed by atoms with van der Waals surface area (Å²) in [5, 5.41) is 0. The van der Waals surface area contributed by atoms with Gasteiger partial charge in [0.05, 0.1) is 5.56 Å². The van der Waals surface area contributed by atoms with Crippen LogP contribution in [0, 0.1) is 20.8 Å². The van der Waals surface area contributed by atoms with Crippen molar-refractivity contribution >= 4 is 0 Å². The minimum atomic E-state index is -0.0706. The van der Waals surface area contributed by atoms with Gasteiger partial charge in [0, 0.05) is 28.2 Å². The van der Waals surface area contributed by atoms with Crippen LogP contribution in [0.15, 0.2) is 48.7 Å². The number of fused-ring (bicyclic) bond motifs is 2. The summed E-state index contributed by atoms with van der Waals surface area (Å²) < 4.78 is 8.52. The van der Waals surface area contributed by atoms with Crippen molar-refractivity contribution < 1.29 is 9.30 Å². The van der Waals surface area contributed by atoms with Crippen LogP contribution in [0.5, 0.6) is 11.5 Å². The number of pyridine rings is 1. The van der Waals surface area contributed by atoms with Crippen LogP contribution >= 0.6 is 0 Å². The average molecular weight is 344 g/mol. The lowest BCUT2D eigenvalue weighted by Gasteiger charge is -2.35. The Morgan fingerprint density at radius 1 is 0.808 bits per heavy atom. The van der Waals surface area contributed by atoms with Crippen molar-refractivity contribution in [2.75, 3.05) is 0 Å². The third-order valence-corrected chi connectivity index (χ3v) is 5.80. The maximum atomic E-state index is 6.31. The summed E-state index contributed by atoms with van der Waals surface area (Å²) in [6, 6.07) is 15.2. The first kappa shape index (κ1) is 16.8. The molecule has 1 aliphatic rings. The van der Waals surface area contributed by atoms with Crippen LogP contribution in [0.1, 0.15) is 41.7 Å². The highest BCUT2D eigenvalue weighted by atomic mass is 16.5. The van der Waals surface area contributed by atoms with Crippen LogP contribution in [0.25, 0.3) is 11.3 Å². The van der Waals surface area contributed by atoms with Gasteiger partial charge in [-0.05, 0) is 44.0 Å². The van der Waals surface area contributed by atoms with E-state index in [4.69, 9.17) is 4.74 Å². The van der Waals surface area contributed by atoms with E-state index in [2.05, 4.69) is 88.8 Å². The van der Waals surface area contributed by atoms with E-state index in [0.717, 1.165) is 11.5 Å². The fourth-order valence-corrected chi connectivity index (χ4v) is 4.02. The number of aromatic nitrogens is 1. The van der Waals surface area contributed by atoms with Gasteiger partial charge in [-0.25, -0.2) is 4.57 Å². The Balaban J connectivity index is 1.93. The van der Waals surface area contributed by atoms with Crippen LogP contribution in [0.2, 0.25) is 0 Å². The average Bonchev–Trinajstić information content (AvgIpc) is 2.59. The van der Waals surface area contributed by atoms with Crippen molar-refractivity contribution in [3.8, 4) is 22.8 Å². The second kappa shape index (κ2) is 5.70. The van der Waals surface area contributed by atoms with Gasteiger partial charge in [-0.15, -0.1) is 0 Å². The van der Waals surface area contributed by atoms with Gasteiger partial charge in [0.2, 0.25) is 5.69 Å². The second-order valence-electron chi connectivity index (χ2n) is 8.02. The van der Waals surface area contributed by atoms with E-state index in [1.54, 1.807) is 0 Å². The molecule has 0 spiro atoms. The molecule has 0 unspecified atom stereocenters. The molecule has 26 heavy (non-hydrogen) atoms. The molecule has 0 saturated carbocycles. The van der Waals surface area contributed by atoms with Gasteiger partial charge in [-0.1, -0.05) is 38.1 Å². The number of hydrogen-bond donors (Lipinski definition) is 0. The van der Waals surface area contributed by atoms with Gasteiger partial charge < -0.3 is 4.74 Å². The number of nitrogens with zero attached hydrogens (tertiary/aromatic N) is 1. The Morgan fingerprint density at radius 3 is 2.31 bits per heavy atom. The van der Waals surface area contributed by atoms with E-state index in [1.807, 2.05) is 6.07 Å². The number of para-hydroxylation sites is 1. The van der Waals surface area contributed by atoms with Crippen LogP contribution in [-0.4, -0.2) is 0 Å². The smallest absolute Gasteiger partial charge is 0.212 e. The quantitative estimate of drug-likeness (QED) is 0.529. The molecule has 2 heterocycles. The summed E-state index contributed by atoms with van der Waals surface area (Å²) in [6.07, 6.45) is 2.20. The van der Waals surface area contributed by atoms with Crippen LogP contribution in [0.3, 0.4) is 0 Å². The highest BCUT2D eigenvalue weighted by Crippen LogP contribution is 2.49. The Kier molecular flexibility index (Phi) is 3.69. The van der Waals surface area contributed by atoms with Crippen molar-refractivity contribution in [2.45, 2.75) is 40.0 Å². The van der Waals surface area contributed by atoms with Crippen molar-refractivity contribution in [3.63, 3.8) is 0 Å². The Bertz CT molecular complexity index is 1030. The molecule has 4 rings (SSSR count). The zero-order valence-corrected chi connectivity index (χ0v) is 16.5. The zero-order valence-electron chi connectivity index (χ0n) is 16.5. The van der Waals surface area contributed by atoms with Crippen LogP contribution in [0.4, 0.5) is 0 Å². The van der Waals surface area contributed by atoms with Gasteiger partial charge in [0.15, 0.2) is 6.20 Å². The normalized spacial score (nSPS) is 14.4. The predicted octanol–water partition coefficient (Wildman–Crippen LogP) is 5.53. The van der Waals surface area contributed by atoms with E-state index < -0.39 is 0 Å². The van der Waals surface area contributed by atoms with Crippen molar-refractivity contribution in [3.05, 3.63) is 76.5 Å². The lowest BCUT2D eigenvalue weighted by molar-refractivity contribution is -0.660. The summed E-state index contributed by atoms with van der Waals surface area (Å²) >= 11 is 0. The molecule has 0 radical (unpaired) electrons. The van der Waals surface area contributed by atoms with Crippen molar-refractivity contribution in [2.24, 2.45) is 7.05 Å².